The van der Waals surface area contributed by atoms with Gasteiger partial charge in [0.1, 0.15) is 6.17 Å². The number of piperidine rings is 1. The smallest absolute Gasteiger partial charge is 0.256 e. The van der Waals surface area contributed by atoms with Crippen molar-refractivity contribution in [3.05, 3.63) is 56.8 Å². The predicted octanol–water partition coefficient (Wildman–Crippen LogP) is 4.43. The summed E-state index contributed by atoms with van der Waals surface area (Å²) in [5, 5.41) is 10.1. The number of anilines is 1. The highest BCUT2D eigenvalue weighted by Gasteiger charge is 2.30. The number of fused-ring (bicyclic) bond motifs is 1. The van der Waals surface area contributed by atoms with E-state index in [0.29, 0.717) is 25.3 Å². The Kier molecular flexibility index (Phi) is 7.27. The Labute approximate surface area is 203 Å². The minimum Gasteiger partial charge on any atom is -0.354 e. The van der Waals surface area contributed by atoms with Crippen molar-refractivity contribution in [2.24, 2.45) is 5.73 Å². The molecule has 2 fully saturated rings. The van der Waals surface area contributed by atoms with Gasteiger partial charge in [-0.05, 0) is 86.3 Å². The Morgan fingerprint density at radius 2 is 1.88 bits per heavy atom. The highest BCUT2D eigenvalue weighted by atomic mass is 32.1. The van der Waals surface area contributed by atoms with Crippen LogP contribution in [0.5, 0.6) is 0 Å². The lowest BCUT2D eigenvalue weighted by atomic mass is 9.80. The molecule has 0 radical (unpaired) electrons. The maximum Gasteiger partial charge on any atom is 0.256 e. The molecule has 3 heterocycles. The van der Waals surface area contributed by atoms with Gasteiger partial charge >= 0.3 is 0 Å². The summed E-state index contributed by atoms with van der Waals surface area (Å²) in [4.78, 5) is 21.2. The summed E-state index contributed by atoms with van der Waals surface area (Å²) in [5.74, 6) is 0.844. The molecule has 1 saturated carbocycles. The molecule has 0 amide bonds. The third kappa shape index (κ3) is 5.19. The number of nitrogens with zero attached hydrogens (tertiary/aromatic N) is 1. The van der Waals surface area contributed by atoms with Gasteiger partial charge in [-0.2, -0.15) is 0 Å². The van der Waals surface area contributed by atoms with E-state index in [1.54, 1.807) is 11.3 Å². The number of aromatic nitrogens is 2. The zero-order valence-electron chi connectivity index (χ0n) is 19.5. The van der Waals surface area contributed by atoms with E-state index < -0.39 is 6.17 Å². The Morgan fingerprint density at radius 1 is 1.12 bits per heavy atom. The van der Waals surface area contributed by atoms with E-state index in [2.05, 4.69) is 45.3 Å². The van der Waals surface area contributed by atoms with Gasteiger partial charge in [-0.15, -0.1) is 11.3 Å². The topological polar surface area (TPSA) is 95.8 Å². The van der Waals surface area contributed by atoms with E-state index in [9.17, 15) is 9.18 Å². The van der Waals surface area contributed by atoms with Crippen LogP contribution in [0.2, 0.25) is 0 Å². The summed E-state index contributed by atoms with van der Waals surface area (Å²) in [6.07, 6.45) is 4.44. The number of alkyl halides is 1. The number of hydrogen-bond donors (Lipinski definition) is 4. The highest BCUT2D eigenvalue weighted by Crippen LogP contribution is 2.37. The average Bonchev–Trinajstić information content (AvgIpc) is 3.26. The first-order valence-corrected chi connectivity index (χ1v) is 13.4. The lowest BCUT2D eigenvalue weighted by Crippen LogP contribution is -2.34. The van der Waals surface area contributed by atoms with Crippen LogP contribution in [0.15, 0.2) is 34.4 Å². The van der Waals surface area contributed by atoms with E-state index in [4.69, 9.17) is 10.7 Å². The second-order valence-electron chi connectivity index (χ2n) is 9.79. The summed E-state index contributed by atoms with van der Waals surface area (Å²) in [7, 11) is 0. The highest BCUT2D eigenvalue weighted by molar-refractivity contribution is 7.17. The van der Waals surface area contributed by atoms with E-state index in [1.807, 2.05) is 0 Å². The van der Waals surface area contributed by atoms with Crippen LogP contribution >= 0.6 is 11.3 Å². The van der Waals surface area contributed by atoms with Crippen molar-refractivity contribution in [2.45, 2.75) is 69.0 Å². The summed E-state index contributed by atoms with van der Waals surface area (Å²) in [6.45, 7) is 2.38. The molecule has 34 heavy (non-hydrogen) atoms. The van der Waals surface area contributed by atoms with Crippen molar-refractivity contribution in [2.75, 3.05) is 25.0 Å². The van der Waals surface area contributed by atoms with Crippen molar-refractivity contribution in [1.29, 1.82) is 0 Å². The molecule has 1 aromatic carbocycles. The number of halogens is 1. The number of aromatic amines is 1. The van der Waals surface area contributed by atoms with Gasteiger partial charge in [-0.25, -0.2) is 9.37 Å². The molecule has 1 aliphatic heterocycles. The fourth-order valence-electron chi connectivity index (χ4n) is 5.50. The van der Waals surface area contributed by atoms with Gasteiger partial charge in [-0.1, -0.05) is 18.2 Å². The van der Waals surface area contributed by atoms with E-state index >= 15 is 0 Å². The molecule has 1 unspecified atom stereocenters. The van der Waals surface area contributed by atoms with Gasteiger partial charge in [0.2, 0.25) is 5.95 Å². The van der Waals surface area contributed by atoms with Crippen molar-refractivity contribution in [3.63, 3.8) is 0 Å². The van der Waals surface area contributed by atoms with Crippen LogP contribution in [0.1, 0.15) is 67.2 Å². The minimum absolute atomic E-state index is 0.0780. The van der Waals surface area contributed by atoms with Crippen molar-refractivity contribution in [1.82, 2.24) is 15.3 Å². The van der Waals surface area contributed by atoms with Crippen LogP contribution in [-0.4, -0.2) is 41.8 Å². The zero-order valence-corrected chi connectivity index (χ0v) is 20.3. The van der Waals surface area contributed by atoms with Crippen molar-refractivity contribution >= 4 is 27.4 Å². The van der Waals surface area contributed by atoms with Gasteiger partial charge in [0, 0.05) is 28.8 Å². The molecule has 3 aromatic rings. The van der Waals surface area contributed by atoms with Crippen LogP contribution in [0.25, 0.3) is 10.1 Å². The third-order valence-corrected chi connectivity index (χ3v) is 8.36. The summed E-state index contributed by atoms with van der Waals surface area (Å²) >= 11 is 1.74. The maximum absolute atomic E-state index is 13.8. The van der Waals surface area contributed by atoms with E-state index in [-0.39, 0.29) is 23.4 Å². The molecule has 5 rings (SSSR count). The third-order valence-electron chi connectivity index (χ3n) is 7.35. The number of nitrogens with two attached hydrogens (primary N) is 1. The number of rotatable bonds is 7. The Balaban J connectivity index is 1.33. The van der Waals surface area contributed by atoms with Crippen molar-refractivity contribution in [3.8, 4) is 0 Å². The SMILES string of the molecule is NC(CNc1nc(C2CCNCC2)c(C2CCC(F)CC2)c(=O)[nH]1)Cc1csc2ccccc12. The van der Waals surface area contributed by atoms with Crippen LogP contribution in [0.3, 0.4) is 0 Å². The molecule has 1 saturated heterocycles. The van der Waals surface area contributed by atoms with Gasteiger partial charge in [0.25, 0.3) is 5.56 Å². The van der Waals surface area contributed by atoms with Crippen LogP contribution in [0, 0.1) is 0 Å². The zero-order chi connectivity index (χ0) is 23.5. The number of nitrogens with one attached hydrogen (secondary N) is 3. The maximum atomic E-state index is 13.8. The summed E-state index contributed by atoms with van der Waals surface area (Å²) < 4.78 is 15.0. The summed E-state index contributed by atoms with van der Waals surface area (Å²) in [6, 6.07) is 8.28. The monoisotopic (exact) mass is 483 g/mol. The number of hydrogen-bond acceptors (Lipinski definition) is 6. The quantitative estimate of drug-likeness (QED) is 0.399. The Hall–Kier alpha value is -2.29. The first-order chi connectivity index (χ1) is 16.6. The number of thiophene rings is 1. The second kappa shape index (κ2) is 10.5. The molecule has 0 spiro atoms. The minimum atomic E-state index is -0.742. The largest absolute Gasteiger partial charge is 0.354 e. The van der Waals surface area contributed by atoms with Crippen molar-refractivity contribution < 1.29 is 4.39 Å². The molecule has 6 nitrogen and oxygen atoms in total. The molecule has 8 heteroatoms. The predicted molar refractivity (Wildman–Crippen MR) is 138 cm³/mol. The first kappa shape index (κ1) is 23.5. The van der Waals surface area contributed by atoms with E-state index in [1.165, 1.54) is 15.6 Å². The fourth-order valence-corrected chi connectivity index (χ4v) is 6.47. The number of benzene rings is 1. The standard InChI is InChI=1S/C26H34FN5OS/c27-19-7-5-16(6-8-19)23-24(17-9-11-29-12-10-17)31-26(32-25(23)33)30-14-20(28)13-18-15-34-22-4-2-1-3-21(18)22/h1-4,15-17,19-20,29H,5-14,28H2,(H2,30,31,32,33). The molecular formula is C26H34FN5OS. The summed E-state index contributed by atoms with van der Waals surface area (Å²) in [5.41, 5.74) is 9.34. The molecule has 1 aliphatic carbocycles. The first-order valence-electron chi connectivity index (χ1n) is 12.5. The van der Waals surface area contributed by atoms with E-state index in [0.717, 1.165) is 56.5 Å². The Bertz CT molecular complexity index is 1160. The second-order valence-corrected chi connectivity index (χ2v) is 10.7. The molecule has 2 aliphatic rings. The fraction of sp³-hybridized carbons (Fsp3) is 0.538. The lowest BCUT2D eigenvalue weighted by Gasteiger charge is -2.29. The molecule has 0 bridgehead atoms. The molecule has 1 atom stereocenters. The molecule has 5 N–H and O–H groups in total. The average molecular weight is 484 g/mol. The van der Waals surface area contributed by atoms with Crippen LogP contribution < -0.4 is 21.9 Å². The van der Waals surface area contributed by atoms with Gasteiger partial charge in [-0.3, -0.25) is 9.78 Å². The van der Waals surface area contributed by atoms with Gasteiger partial charge in [0.05, 0.1) is 5.69 Å². The molecular weight excluding hydrogens is 449 g/mol. The van der Waals surface area contributed by atoms with Gasteiger partial charge in [0.15, 0.2) is 0 Å². The van der Waals surface area contributed by atoms with Crippen LogP contribution in [0.4, 0.5) is 10.3 Å². The molecule has 182 valence electrons. The normalized spacial score (nSPS) is 22.6. The number of H-pyrrole nitrogens is 1. The lowest BCUT2D eigenvalue weighted by molar-refractivity contribution is 0.234. The van der Waals surface area contributed by atoms with Crippen LogP contribution in [-0.2, 0) is 6.42 Å². The molecule has 2 aromatic heterocycles. The Morgan fingerprint density at radius 3 is 2.68 bits per heavy atom. The van der Waals surface area contributed by atoms with Gasteiger partial charge < -0.3 is 16.4 Å².